The average Bonchev–Trinajstić information content (AvgIpc) is 2.87. The van der Waals surface area contributed by atoms with Gasteiger partial charge in [-0.3, -0.25) is 14.6 Å². The summed E-state index contributed by atoms with van der Waals surface area (Å²) in [6, 6.07) is 8.92. The number of aryl methyl sites for hydroxylation is 2. The number of pyridine rings is 1. The van der Waals surface area contributed by atoms with E-state index in [0.717, 1.165) is 16.9 Å². The third-order valence-corrected chi connectivity index (χ3v) is 3.96. The van der Waals surface area contributed by atoms with Crippen LogP contribution in [0.3, 0.4) is 0 Å². The fourth-order valence-electron chi connectivity index (χ4n) is 2.53. The largest absolute Gasteiger partial charge is 0.351 e. The van der Waals surface area contributed by atoms with E-state index >= 15 is 0 Å². The van der Waals surface area contributed by atoms with Crippen LogP contribution < -0.4 is 10.6 Å². The minimum absolute atomic E-state index is 0.143. The van der Waals surface area contributed by atoms with Crippen LogP contribution in [0.4, 0.5) is 5.69 Å². The molecular weight excluding hydrogens is 318 g/mol. The topological polar surface area (TPSA) is 88.9 Å². The molecule has 0 saturated heterocycles. The highest BCUT2D eigenvalue weighted by atomic mass is 16.2. The summed E-state index contributed by atoms with van der Waals surface area (Å²) in [5, 5.41) is 5.53. The molecule has 2 aromatic heterocycles. The summed E-state index contributed by atoms with van der Waals surface area (Å²) >= 11 is 0. The van der Waals surface area contributed by atoms with E-state index in [-0.39, 0.29) is 18.4 Å². The van der Waals surface area contributed by atoms with Crippen LogP contribution in [0.2, 0.25) is 0 Å². The number of hydrogen-bond donors (Lipinski definition) is 2. The van der Waals surface area contributed by atoms with Crippen molar-refractivity contribution in [3.05, 3.63) is 53.6 Å². The predicted octanol–water partition coefficient (Wildman–Crippen LogP) is 2.17. The molecule has 2 amide bonds. The maximum absolute atomic E-state index is 12.5. The van der Waals surface area contributed by atoms with Crippen LogP contribution in [0.15, 0.2) is 36.5 Å². The first kappa shape index (κ1) is 16.6. The molecule has 3 aromatic rings. The fourth-order valence-corrected chi connectivity index (χ4v) is 2.53. The van der Waals surface area contributed by atoms with Gasteiger partial charge in [0.25, 0.3) is 5.91 Å². The van der Waals surface area contributed by atoms with Gasteiger partial charge in [-0.15, -0.1) is 0 Å². The van der Waals surface area contributed by atoms with Crippen molar-refractivity contribution in [2.75, 3.05) is 5.32 Å². The normalized spacial score (nSPS) is 10.7. The van der Waals surface area contributed by atoms with Crippen LogP contribution in [0, 0.1) is 6.92 Å². The maximum atomic E-state index is 12.5. The summed E-state index contributed by atoms with van der Waals surface area (Å²) in [6.45, 7) is 3.66. The van der Waals surface area contributed by atoms with Crippen LogP contribution in [0.1, 0.15) is 28.8 Å². The van der Waals surface area contributed by atoms with Gasteiger partial charge in [-0.05, 0) is 37.3 Å². The number of benzene rings is 1. The van der Waals surface area contributed by atoms with E-state index in [0.29, 0.717) is 16.9 Å². The number of amides is 2. The fraction of sp³-hybridized carbons (Fsp3) is 0.222. The lowest BCUT2D eigenvalue weighted by molar-refractivity contribution is -0.119. The molecule has 0 radical (unpaired) electrons. The number of carbonyl (C=O) groups is 2. The van der Waals surface area contributed by atoms with Crippen LogP contribution in [0.5, 0.6) is 0 Å². The first-order valence-corrected chi connectivity index (χ1v) is 7.88. The molecule has 2 N–H and O–H groups in total. The second kappa shape index (κ2) is 6.72. The standard InChI is InChI=1S/C18H19N5O2/c1-11-21-16-9-14(4-5-17(16)23(11)3)22-18(25)13-6-7-19-15(8-13)10-20-12(2)24/h4-9H,10H2,1-3H3,(H,20,24)(H,22,25). The van der Waals surface area contributed by atoms with Crippen LogP contribution >= 0.6 is 0 Å². The molecule has 7 heteroatoms. The molecule has 0 saturated carbocycles. The summed E-state index contributed by atoms with van der Waals surface area (Å²) in [7, 11) is 1.95. The molecule has 0 aliphatic heterocycles. The molecule has 0 fully saturated rings. The molecule has 128 valence electrons. The van der Waals surface area contributed by atoms with Gasteiger partial charge in [-0.25, -0.2) is 4.98 Å². The summed E-state index contributed by atoms with van der Waals surface area (Å²) < 4.78 is 2.00. The molecule has 0 atom stereocenters. The van der Waals surface area contributed by atoms with E-state index in [4.69, 9.17) is 0 Å². The Morgan fingerprint density at radius 2 is 2.00 bits per heavy atom. The van der Waals surface area contributed by atoms with Gasteiger partial charge in [0, 0.05) is 31.4 Å². The number of carbonyl (C=O) groups excluding carboxylic acids is 2. The number of nitrogens with one attached hydrogen (secondary N) is 2. The third-order valence-electron chi connectivity index (χ3n) is 3.96. The number of fused-ring (bicyclic) bond motifs is 1. The maximum Gasteiger partial charge on any atom is 0.255 e. The van der Waals surface area contributed by atoms with Crippen LogP contribution in [-0.2, 0) is 18.4 Å². The van der Waals surface area contributed by atoms with E-state index in [1.165, 1.54) is 6.92 Å². The highest BCUT2D eigenvalue weighted by Crippen LogP contribution is 2.20. The number of aromatic nitrogens is 3. The average molecular weight is 337 g/mol. The lowest BCUT2D eigenvalue weighted by Crippen LogP contribution is -2.20. The Balaban J connectivity index is 1.77. The Hall–Kier alpha value is -3.22. The van der Waals surface area contributed by atoms with Crippen molar-refractivity contribution >= 4 is 28.5 Å². The van der Waals surface area contributed by atoms with E-state index in [9.17, 15) is 9.59 Å². The minimum Gasteiger partial charge on any atom is -0.351 e. The number of hydrogen-bond acceptors (Lipinski definition) is 4. The zero-order valence-corrected chi connectivity index (χ0v) is 14.3. The molecule has 1 aromatic carbocycles. The van der Waals surface area contributed by atoms with Crippen LogP contribution in [-0.4, -0.2) is 26.3 Å². The second-order valence-electron chi connectivity index (χ2n) is 5.82. The zero-order valence-electron chi connectivity index (χ0n) is 14.3. The SMILES string of the molecule is CC(=O)NCc1cc(C(=O)Nc2ccc3c(c2)nc(C)n3C)ccn1. The smallest absolute Gasteiger partial charge is 0.255 e. The Kier molecular flexibility index (Phi) is 4.47. The van der Waals surface area contributed by atoms with Gasteiger partial charge >= 0.3 is 0 Å². The minimum atomic E-state index is -0.238. The van der Waals surface area contributed by atoms with Crippen molar-refractivity contribution in [1.82, 2.24) is 19.9 Å². The van der Waals surface area contributed by atoms with Gasteiger partial charge in [0.05, 0.1) is 23.3 Å². The van der Waals surface area contributed by atoms with Crippen molar-refractivity contribution in [3.8, 4) is 0 Å². The van der Waals surface area contributed by atoms with Gasteiger partial charge in [-0.1, -0.05) is 0 Å². The molecule has 0 spiro atoms. The highest BCUT2D eigenvalue weighted by Gasteiger charge is 2.10. The first-order chi connectivity index (χ1) is 11.9. The molecule has 0 aliphatic carbocycles. The number of anilines is 1. The van der Waals surface area contributed by atoms with E-state index < -0.39 is 0 Å². The van der Waals surface area contributed by atoms with Gasteiger partial charge in [-0.2, -0.15) is 0 Å². The first-order valence-electron chi connectivity index (χ1n) is 7.88. The molecule has 2 heterocycles. The molecular formula is C18H19N5O2. The molecule has 3 rings (SSSR count). The van der Waals surface area contributed by atoms with Gasteiger partial charge in [0.1, 0.15) is 5.82 Å². The number of imidazole rings is 1. The lowest BCUT2D eigenvalue weighted by Gasteiger charge is -2.07. The van der Waals surface area contributed by atoms with Gasteiger partial charge in [0.2, 0.25) is 5.91 Å². The number of nitrogens with zero attached hydrogens (tertiary/aromatic N) is 3. The molecule has 25 heavy (non-hydrogen) atoms. The van der Waals surface area contributed by atoms with E-state index in [2.05, 4.69) is 20.6 Å². The quantitative estimate of drug-likeness (QED) is 0.763. The summed E-state index contributed by atoms with van der Waals surface area (Å²) in [6.07, 6.45) is 1.55. The monoisotopic (exact) mass is 337 g/mol. The highest BCUT2D eigenvalue weighted by molar-refractivity contribution is 6.05. The summed E-state index contributed by atoms with van der Waals surface area (Å²) in [5.74, 6) is 0.532. The summed E-state index contributed by atoms with van der Waals surface area (Å²) in [5.41, 5.74) is 3.62. The molecule has 7 nitrogen and oxygen atoms in total. The van der Waals surface area contributed by atoms with E-state index in [1.54, 1.807) is 18.3 Å². The predicted molar refractivity (Wildman–Crippen MR) is 95.2 cm³/mol. The Bertz CT molecular complexity index is 961. The van der Waals surface area contributed by atoms with Crippen LogP contribution in [0.25, 0.3) is 11.0 Å². The lowest BCUT2D eigenvalue weighted by atomic mass is 10.2. The van der Waals surface area contributed by atoms with E-state index in [1.807, 2.05) is 36.7 Å². The molecule has 0 bridgehead atoms. The van der Waals surface area contributed by atoms with Crippen molar-refractivity contribution in [2.24, 2.45) is 7.05 Å². The van der Waals surface area contributed by atoms with Gasteiger partial charge in [0.15, 0.2) is 0 Å². The number of rotatable bonds is 4. The Morgan fingerprint density at radius 1 is 1.20 bits per heavy atom. The third kappa shape index (κ3) is 3.65. The Labute approximate surface area is 145 Å². The summed E-state index contributed by atoms with van der Waals surface area (Å²) in [4.78, 5) is 32.1. The van der Waals surface area contributed by atoms with Crippen molar-refractivity contribution in [3.63, 3.8) is 0 Å². The van der Waals surface area contributed by atoms with Crippen molar-refractivity contribution in [1.29, 1.82) is 0 Å². The van der Waals surface area contributed by atoms with Crippen molar-refractivity contribution in [2.45, 2.75) is 20.4 Å². The zero-order chi connectivity index (χ0) is 18.0. The molecule has 0 unspecified atom stereocenters. The second-order valence-corrected chi connectivity index (χ2v) is 5.82. The van der Waals surface area contributed by atoms with Gasteiger partial charge < -0.3 is 15.2 Å². The molecule has 0 aliphatic rings. The van der Waals surface area contributed by atoms with Crippen molar-refractivity contribution < 1.29 is 9.59 Å². The Morgan fingerprint density at radius 3 is 2.76 bits per heavy atom.